The predicted octanol–water partition coefficient (Wildman–Crippen LogP) is 3.38. The van der Waals surface area contributed by atoms with Crippen molar-refractivity contribution in [1.29, 1.82) is 0 Å². The van der Waals surface area contributed by atoms with E-state index in [1.165, 1.54) is 23.3 Å². The average Bonchev–Trinajstić information content (AvgIpc) is 3.39. The van der Waals surface area contributed by atoms with E-state index in [0.717, 1.165) is 12.1 Å². The summed E-state index contributed by atoms with van der Waals surface area (Å²) in [6, 6.07) is 7.69. The molecule has 29 heavy (non-hydrogen) atoms. The van der Waals surface area contributed by atoms with Crippen LogP contribution in [0.4, 0.5) is 8.78 Å². The van der Waals surface area contributed by atoms with Gasteiger partial charge in [0.25, 0.3) is 11.8 Å². The highest BCUT2D eigenvalue weighted by atomic mass is 32.2. The number of alkyl halides is 2. The molecule has 154 valence electrons. The third-order valence-electron chi connectivity index (χ3n) is 3.97. The van der Waals surface area contributed by atoms with Crippen LogP contribution in [0.1, 0.15) is 29.6 Å². The maximum absolute atomic E-state index is 12.8. The summed E-state index contributed by atoms with van der Waals surface area (Å²) in [6.45, 7) is 2.27. The van der Waals surface area contributed by atoms with Gasteiger partial charge in [-0.15, -0.1) is 10.2 Å². The standard InChI is InChI=1S/C18H17F2N3O5S/c1-2-9-23(11-15-21-22-16(28-15)14-4-3-10-27-14)17(24)12-5-7-13(8-6-12)29(25,26)18(19)20/h3-8,10,18H,2,9,11H2,1H3. The van der Waals surface area contributed by atoms with Crippen LogP contribution in [0.25, 0.3) is 11.7 Å². The number of benzene rings is 1. The third kappa shape index (κ3) is 4.50. The summed E-state index contributed by atoms with van der Waals surface area (Å²) in [6.07, 6.45) is 2.10. The van der Waals surface area contributed by atoms with Gasteiger partial charge < -0.3 is 13.7 Å². The first kappa shape index (κ1) is 20.6. The van der Waals surface area contributed by atoms with Crippen LogP contribution in [-0.4, -0.2) is 41.7 Å². The topological polar surface area (TPSA) is 107 Å². The lowest BCUT2D eigenvalue weighted by molar-refractivity contribution is 0.0728. The number of amides is 1. The number of halogens is 2. The van der Waals surface area contributed by atoms with Crippen molar-refractivity contribution >= 4 is 15.7 Å². The molecule has 0 unspecified atom stereocenters. The van der Waals surface area contributed by atoms with Crippen LogP contribution in [0.5, 0.6) is 0 Å². The van der Waals surface area contributed by atoms with Crippen LogP contribution in [0.15, 0.2) is 56.4 Å². The SMILES string of the molecule is CCCN(Cc1nnc(-c2ccco2)o1)C(=O)c1ccc(S(=O)(=O)C(F)F)cc1. The zero-order valence-corrected chi connectivity index (χ0v) is 16.1. The monoisotopic (exact) mass is 425 g/mol. The Morgan fingerprint density at radius 2 is 1.90 bits per heavy atom. The van der Waals surface area contributed by atoms with Gasteiger partial charge in [-0.1, -0.05) is 6.92 Å². The molecule has 0 aliphatic carbocycles. The molecule has 0 saturated heterocycles. The molecule has 3 aromatic rings. The Balaban J connectivity index is 1.77. The molecule has 0 aliphatic heterocycles. The van der Waals surface area contributed by atoms with Gasteiger partial charge in [-0.3, -0.25) is 4.79 Å². The fourth-order valence-electron chi connectivity index (χ4n) is 2.58. The van der Waals surface area contributed by atoms with Crippen molar-refractivity contribution in [3.8, 4) is 11.7 Å². The van der Waals surface area contributed by atoms with E-state index in [1.54, 1.807) is 12.1 Å². The first-order valence-electron chi connectivity index (χ1n) is 8.60. The highest BCUT2D eigenvalue weighted by molar-refractivity contribution is 7.91. The molecule has 0 saturated carbocycles. The van der Waals surface area contributed by atoms with Crippen LogP contribution >= 0.6 is 0 Å². The molecule has 0 N–H and O–H groups in total. The summed E-state index contributed by atoms with van der Waals surface area (Å²) < 4.78 is 59.0. The van der Waals surface area contributed by atoms with Gasteiger partial charge in [-0.2, -0.15) is 8.78 Å². The number of rotatable bonds is 8. The molecule has 3 rings (SSSR count). The molecule has 0 bridgehead atoms. The lowest BCUT2D eigenvalue weighted by Gasteiger charge is -2.20. The van der Waals surface area contributed by atoms with E-state index in [4.69, 9.17) is 8.83 Å². The minimum atomic E-state index is -4.72. The van der Waals surface area contributed by atoms with Crippen molar-refractivity contribution in [3.63, 3.8) is 0 Å². The molecular weight excluding hydrogens is 408 g/mol. The summed E-state index contributed by atoms with van der Waals surface area (Å²) in [7, 11) is -4.72. The summed E-state index contributed by atoms with van der Waals surface area (Å²) in [4.78, 5) is 13.7. The Labute approximate surface area is 165 Å². The Morgan fingerprint density at radius 3 is 2.48 bits per heavy atom. The number of furan rings is 1. The molecule has 2 aromatic heterocycles. The third-order valence-corrected chi connectivity index (χ3v) is 5.37. The van der Waals surface area contributed by atoms with Crippen molar-refractivity contribution < 1.29 is 30.8 Å². The number of carbonyl (C=O) groups excluding carboxylic acids is 1. The number of nitrogens with zero attached hydrogens (tertiary/aromatic N) is 3. The van der Waals surface area contributed by atoms with Gasteiger partial charge >= 0.3 is 5.76 Å². The first-order valence-corrected chi connectivity index (χ1v) is 10.1. The number of sulfone groups is 1. The van der Waals surface area contributed by atoms with Gasteiger partial charge in [-0.25, -0.2) is 8.42 Å². The van der Waals surface area contributed by atoms with Gasteiger partial charge in [0.05, 0.1) is 17.7 Å². The molecule has 0 fully saturated rings. The zero-order valence-electron chi connectivity index (χ0n) is 15.3. The van der Waals surface area contributed by atoms with Crippen LogP contribution in [0.2, 0.25) is 0 Å². The van der Waals surface area contributed by atoms with Crippen LogP contribution < -0.4 is 0 Å². The Bertz CT molecular complexity index is 1060. The van der Waals surface area contributed by atoms with Crippen molar-refractivity contribution in [2.75, 3.05) is 6.54 Å². The Hall–Kier alpha value is -3.08. The Kier molecular flexibility index (Phi) is 6.06. The molecule has 0 radical (unpaired) electrons. The molecule has 2 heterocycles. The van der Waals surface area contributed by atoms with E-state index in [0.29, 0.717) is 18.7 Å². The van der Waals surface area contributed by atoms with Crippen LogP contribution in [-0.2, 0) is 16.4 Å². The normalized spacial score (nSPS) is 11.7. The van der Waals surface area contributed by atoms with Crippen molar-refractivity contribution in [2.24, 2.45) is 0 Å². The minimum absolute atomic E-state index is 0.0253. The molecule has 1 amide bonds. The molecule has 8 nitrogen and oxygen atoms in total. The fourth-order valence-corrected chi connectivity index (χ4v) is 3.30. The average molecular weight is 425 g/mol. The van der Waals surface area contributed by atoms with Gasteiger partial charge in [0.2, 0.25) is 15.7 Å². The smallest absolute Gasteiger partial charge is 0.341 e. The molecule has 0 spiro atoms. The molecule has 0 atom stereocenters. The second-order valence-corrected chi connectivity index (χ2v) is 7.95. The van der Waals surface area contributed by atoms with E-state index in [9.17, 15) is 22.0 Å². The molecule has 0 aliphatic rings. The highest BCUT2D eigenvalue weighted by Crippen LogP contribution is 2.21. The van der Waals surface area contributed by atoms with Gasteiger partial charge in [0, 0.05) is 12.1 Å². The van der Waals surface area contributed by atoms with E-state index in [1.807, 2.05) is 6.92 Å². The summed E-state index contributed by atoms with van der Waals surface area (Å²) in [5, 5.41) is 7.78. The quantitative estimate of drug-likeness (QED) is 0.545. The number of hydrogen-bond acceptors (Lipinski definition) is 7. The summed E-state index contributed by atoms with van der Waals surface area (Å²) >= 11 is 0. The highest BCUT2D eigenvalue weighted by Gasteiger charge is 2.27. The second-order valence-electron chi connectivity index (χ2n) is 6.04. The lowest BCUT2D eigenvalue weighted by atomic mass is 10.2. The predicted molar refractivity (Wildman–Crippen MR) is 96.7 cm³/mol. The largest absolute Gasteiger partial charge is 0.459 e. The van der Waals surface area contributed by atoms with E-state index in [-0.39, 0.29) is 23.9 Å². The van der Waals surface area contributed by atoms with Crippen molar-refractivity contribution in [3.05, 3.63) is 54.1 Å². The Morgan fingerprint density at radius 1 is 1.17 bits per heavy atom. The van der Waals surface area contributed by atoms with Gasteiger partial charge in [0.1, 0.15) is 0 Å². The maximum atomic E-state index is 12.8. The maximum Gasteiger partial charge on any atom is 0.341 e. The van der Waals surface area contributed by atoms with E-state index in [2.05, 4.69) is 10.2 Å². The van der Waals surface area contributed by atoms with Crippen molar-refractivity contribution in [2.45, 2.75) is 30.5 Å². The second kappa shape index (κ2) is 8.52. The van der Waals surface area contributed by atoms with Gasteiger partial charge in [0.15, 0.2) is 5.76 Å². The number of carbonyl (C=O) groups is 1. The first-order chi connectivity index (χ1) is 13.8. The minimum Gasteiger partial charge on any atom is -0.459 e. The zero-order chi connectivity index (χ0) is 21.0. The van der Waals surface area contributed by atoms with Crippen molar-refractivity contribution in [1.82, 2.24) is 15.1 Å². The summed E-state index contributed by atoms with van der Waals surface area (Å²) in [5.74, 6) is -3.19. The number of hydrogen-bond donors (Lipinski definition) is 0. The van der Waals surface area contributed by atoms with Crippen LogP contribution in [0.3, 0.4) is 0 Å². The lowest BCUT2D eigenvalue weighted by Crippen LogP contribution is -2.31. The van der Waals surface area contributed by atoms with Gasteiger partial charge in [-0.05, 0) is 42.8 Å². The number of aromatic nitrogens is 2. The van der Waals surface area contributed by atoms with E-state index >= 15 is 0 Å². The summed E-state index contributed by atoms with van der Waals surface area (Å²) in [5.41, 5.74) is 0.150. The van der Waals surface area contributed by atoms with E-state index < -0.39 is 26.4 Å². The molecule has 1 aromatic carbocycles. The molecular formula is C18H17F2N3O5S. The van der Waals surface area contributed by atoms with Crippen LogP contribution in [0, 0.1) is 0 Å². The fraction of sp³-hybridized carbons (Fsp3) is 0.278. The molecule has 11 heteroatoms.